The van der Waals surface area contributed by atoms with Crippen LogP contribution in [0.2, 0.25) is 0 Å². The first-order valence-corrected chi connectivity index (χ1v) is 8.39. The molecule has 0 saturated carbocycles. The lowest BCUT2D eigenvalue weighted by Crippen LogP contribution is -2.31. The zero-order valence-corrected chi connectivity index (χ0v) is 12.3. The fourth-order valence-corrected chi connectivity index (χ4v) is 4.23. The lowest BCUT2D eigenvalue weighted by atomic mass is 10.1. The van der Waals surface area contributed by atoms with Crippen molar-refractivity contribution in [2.45, 2.75) is 24.2 Å². The summed E-state index contributed by atoms with van der Waals surface area (Å²) in [6.45, 7) is 0.426. The highest BCUT2D eigenvalue weighted by Gasteiger charge is 2.27. The summed E-state index contributed by atoms with van der Waals surface area (Å²) < 4.78 is 40.4. The number of hydrogen-bond donors (Lipinski definition) is 0. The molecule has 3 nitrogen and oxygen atoms in total. The molecule has 1 aliphatic rings. The Kier molecular flexibility index (Phi) is 3.68. The Morgan fingerprint density at radius 2 is 1.81 bits per heavy atom. The van der Waals surface area contributed by atoms with Gasteiger partial charge >= 0.3 is 0 Å². The molecule has 0 aliphatic carbocycles. The van der Waals surface area contributed by atoms with E-state index in [4.69, 9.17) is 0 Å². The largest absolute Gasteiger partial charge is 0.266 e. The average molecular weight is 305 g/mol. The van der Waals surface area contributed by atoms with Crippen LogP contribution in [0.3, 0.4) is 0 Å². The Labute approximate surface area is 124 Å². The van der Waals surface area contributed by atoms with Gasteiger partial charge in [0.05, 0.1) is 10.6 Å². The van der Waals surface area contributed by atoms with Crippen molar-refractivity contribution in [1.29, 1.82) is 0 Å². The van der Waals surface area contributed by atoms with Gasteiger partial charge in [0.1, 0.15) is 5.82 Å². The molecule has 2 aromatic rings. The summed E-state index contributed by atoms with van der Waals surface area (Å²) in [5, 5.41) is 0. The van der Waals surface area contributed by atoms with Crippen molar-refractivity contribution in [2.24, 2.45) is 0 Å². The quantitative estimate of drug-likeness (QED) is 0.853. The third kappa shape index (κ3) is 2.65. The first kappa shape index (κ1) is 14.1. The van der Waals surface area contributed by atoms with Crippen LogP contribution in [0.5, 0.6) is 0 Å². The number of anilines is 1. The molecule has 0 atom stereocenters. The third-order valence-corrected chi connectivity index (χ3v) is 5.51. The molecule has 1 heterocycles. The molecule has 110 valence electrons. The summed E-state index contributed by atoms with van der Waals surface area (Å²) in [7, 11) is -3.73. The Balaban J connectivity index is 2.11. The lowest BCUT2D eigenvalue weighted by molar-refractivity contribution is 0.585. The number of rotatable bonds is 2. The molecule has 5 heteroatoms. The van der Waals surface area contributed by atoms with Crippen molar-refractivity contribution in [3.63, 3.8) is 0 Å². The Hall–Kier alpha value is -1.88. The van der Waals surface area contributed by atoms with E-state index >= 15 is 0 Å². The van der Waals surface area contributed by atoms with E-state index in [1.807, 2.05) is 24.3 Å². The van der Waals surface area contributed by atoms with Crippen molar-refractivity contribution in [2.75, 3.05) is 10.8 Å². The number of fused-ring (bicyclic) bond motifs is 1. The molecule has 0 unspecified atom stereocenters. The Morgan fingerprint density at radius 1 is 1.00 bits per heavy atom. The summed E-state index contributed by atoms with van der Waals surface area (Å²) in [5.41, 5.74) is 1.73. The molecule has 0 aromatic heterocycles. The average Bonchev–Trinajstić information content (AvgIpc) is 2.70. The predicted octanol–water partition coefficient (Wildman–Crippen LogP) is 3.36. The van der Waals surface area contributed by atoms with E-state index in [0.717, 1.165) is 30.9 Å². The monoisotopic (exact) mass is 305 g/mol. The Morgan fingerprint density at radius 3 is 2.62 bits per heavy atom. The van der Waals surface area contributed by atoms with Crippen LogP contribution in [0.15, 0.2) is 53.4 Å². The van der Waals surface area contributed by atoms with Gasteiger partial charge in [-0.3, -0.25) is 4.31 Å². The SMILES string of the molecule is O=S(=O)(c1cccc(F)c1)N1CCCCc2ccccc21. The van der Waals surface area contributed by atoms with E-state index in [-0.39, 0.29) is 4.90 Å². The van der Waals surface area contributed by atoms with Gasteiger partial charge in [-0.15, -0.1) is 0 Å². The minimum atomic E-state index is -3.73. The number of aryl methyl sites for hydroxylation is 1. The van der Waals surface area contributed by atoms with Crippen LogP contribution >= 0.6 is 0 Å². The summed E-state index contributed by atoms with van der Waals surface area (Å²) in [6, 6.07) is 12.7. The molecule has 2 aromatic carbocycles. The Bertz CT molecular complexity index is 758. The third-order valence-electron chi connectivity index (χ3n) is 3.70. The fraction of sp³-hybridized carbons (Fsp3) is 0.250. The maximum Gasteiger partial charge on any atom is 0.264 e. The maximum absolute atomic E-state index is 13.4. The minimum Gasteiger partial charge on any atom is -0.266 e. The first-order chi connectivity index (χ1) is 10.1. The molecule has 21 heavy (non-hydrogen) atoms. The van der Waals surface area contributed by atoms with Crippen LogP contribution in [0.25, 0.3) is 0 Å². The smallest absolute Gasteiger partial charge is 0.264 e. The summed E-state index contributed by atoms with van der Waals surface area (Å²) >= 11 is 0. The molecule has 0 amide bonds. The number of sulfonamides is 1. The van der Waals surface area contributed by atoms with Gasteiger partial charge in [-0.05, 0) is 49.1 Å². The van der Waals surface area contributed by atoms with Gasteiger partial charge in [0.2, 0.25) is 0 Å². The van der Waals surface area contributed by atoms with Crippen LogP contribution in [0.1, 0.15) is 18.4 Å². The zero-order chi connectivity index (χ0) is 14.9. The van der Waals surface area contributed by atoms with Gasteiger partial charge < -0.3 is 0 Å². The highest BCUT2D eigenvalue weighted by molar-refractivity contribution is 7.92. The molecule has 0 spiro atoms. The molecule has 3 rings (SSSR count). The maximum atomic E-state index is 13.4. The van der Waals surface area contributed by atoms with Gasteiger partial charge in [0, 0.05) is 6.54 Å². The van der Waals surface area contributed by atoms with E-state index in [9.17, 15) is 12.8 Å². The second-order valence-electron chi connectivity index (χ2n) is 5.12. The van der Waals surface area contributed by atoms with E-state index in [2.05, 4.69) is 0 Å². The van der Waals surface area contributed by atoms with Crippen molar-refractivity contribution in [1.82, 2.24) is 0 Å². The van der Waals surface area contributed by atoms with Crippen molar-refractivity contribution < 1.29 is 12.8 Å². The van der Waals surface area contributed by atoms with E-state index in [0.29, 0.717) is 12.2 Å². The van der Waals surface area contributed by atoms with Crippen LogP contribution in [-0.2, 0) is 16.4 Å². The van der Waals surface area contributed by atoms with Crippen LogP contribution in [0, 0.1) is 5.82 Å². The molecule has 0 radical (unpaired) electrons. The van der Waals surface area contributed by atoms with Gasteiger partial charge in [-0.1, -0.05) is 24.3 Å². The summed E-state index contributed by atoms with van der Waals surface area (Å²) in [6.07, 6.45) is 2.61. The number of hydrogen-bond acceptors (Lipinski definition) is 2. The fourth-order valence-electron chi connectivity index (χ4n) is 2.66. The zero-order valence-electron chi connectivity index (χ0n) is 11.5. The predicted molar refractivity (Wildman–Crippen MR) is 80.3 cm³/mol. The minimum absolute atomic E-state index is 0.000738. The number of para-hydroxylation sites is 1. The van der Waals surface area contributed by atoms with Gasteiger partial charge in [0.25, 0.3) is 10.0 Å². The van der Waals surface area contributed by atoms with Crippen molar-refractivity contribution in [3.05, 3.63) is 59.9 Å². The number of benzene rings is 2. The van der Waals surface area contributed by atoms with Crippen molar-refractivity contribution >= 4 is 15.7 Å². The van der Waals surface area contributed by atoms with Crippen LogP contribution < -0.4 is 4.31 Å². The molecule has 0 fully saturated rings. The highest BCUT2D eigenvalue weighted by Crippen LogP contribution is 2.31. The molecular weight excluding hydrogens is 289 g/mol. The summed E-state index contributed by atoms with van der Waals surface area (Å²) in [5.74, 6) is -0.542. The number of nitrogens with zero attached hydrogens (tertiary/aromatic N) is 1. The van der Waals surface area contributed by atoms with E-state index in [1.54, 1.807) is 0 Å². The van der Waals surface area contributed by atoms with Crippen LogP contribution in [0.4, 0.5) is 10.1 Å². The molecule has 0 saturated heterocycles. The van der Waals surface area contributed by atoms with E-state index in [1.165, 1.54) is 22.5 Å². The molecule has 1 aliphatic heterocycles. The van der Waals surface area contributed by atoms with E-state index < -0.39 is 15.8 Å². The topological polar surface area (TPSA) is 37.4 Å². The molecule has 0 N–H and O–H groups in total. The molecular formula is C16H16FNO2S. The number of halogens is 1. The van der Waals surface area contributed by atoms with Gasteiger partial charge in [-0.2, -0.15) is 0 Å². The van der Waals surface area contributed by atoms with Crippen LogP contribution in [-0.4, -0.2) is 15.0 Å². The second kappa shape index (κ2) is 5.48. The first-order valence-electron chi connectivity index (χ1n) is 6.95. The van der Waals surface area contributed by atoms with Gasteiger partial charge in [-0.25, -0.2) is 12.8 Å². The standard InChI is InChI=1S/C16H16FNO2S/c17-14-8-5-9-15(12-14)21(19,20)18-11-4-3-7-13-6-1-2-10-16(13)18/h1-2,5-6,8-10,12H,3-4,7,11H2. The van der Waals surface area contributed by atoms with Gasteiger partial charge in [0.15, 0.2) is 0 Å². The van der Waals surface area contributed by atoms with Crippen molar-refractivity contribution in [3.8, 4) is 0 Å². The normalized spacial score (nSPS) is 15.4. The second-order valence-corrected chi connectivity index (χ2v) is 6.98. The highest BCUT2D eigenvalue weighted by atomic mass is 32.2. The lowest BCUT2D eigenvalue weighted by Gasteiger charge is -2.24. The summed E-state index contributed by atoms with van der Waals surface area (Å²) in [4.78, 5) is -0.000738. The molecule has 0 bridgehead atoms.